The lowest BCUT2D eigenvalue weighted by molar-refractivity contribution is 0.588. The molecular weight excluding hydrogens is 226 g/mol. The zero-order valence-corrected chi connectivity index (χ0v) is 11.1. The van der Waals surface area contributed by atoms with Crippen LogP contribution in [0.1, 0.15) is 24.7 Å². The Morgan fingerprint density at radius 2 is 2.28 bits per heavy atom. The van der Waals surface area contributed by atoms with Crippen molar-refractivity contribution in [1.82, 2.24) is 19.3 Å². The van der Waals surface area contributed by atoms with E-state index >= 15 is 0 Å². The van der Waals surface area contributed by atoms with E-state index in [0.717, 1.165) is 31.6 Å². The lowest BCUT2D eigenvalue weighted by Gasteiger charge is -2.05. The van der Waals surface area contributed by atoms with Crippen molar-refractivity contribution in [3.05, 3.63) is 36.2 Å². The highest BCUT2D eigenvalue weighted by molar-refractivity contribution is 5.06. The lowest BCUT2D eigenvalue weighted by atomic mass is 10.1. The number of hydrogen-bond acceptors (Lipinski definition) is 3. The second-order valence-electron chi connectivity index (χ2n) is 4.69. The quantitative estimate of drug-likeness (QED) is 0.832. The first kappa shape index (κ1) is 12.8. The van der Waals surface area contributed by atoms with Crippen molar-refractivity contribution in [1.29, 1.82) is 0 Å². The van der Waals surface area contributed by atoms with Crippen LogP contribution >= 0.6 is 0 Å². The van der Waals surface area contributed by atoms with Gasteiger partial charge in [0.15, 0.2) is 0 Å². The van der Waals surface area contributed by atoms with Gasteiger partial charge in [-0.15, -0.1) is 0 Å². The highest BCUT2D eigenvalue weighted by Gasteiger charge is 2.05. The van der Waals surface area contributed by atoms with E-state index in [0.29, 0.717) is 0 Å². The molecule has 2 N–H and O–H groups in total. The molecule has 0 spiro atoms. The summed E-state index contributed by atoms with van der Waals surface area (Å²) in [6.07, 6.45) is 10.6. The van der Waals surface area contributed by atoms with Crippen LogP contribution in [0.15, 0.2) is 24.8 Å². The second kappa shape index (κ2) is 5.82. The third kappa shape index (κ3) is 3.20. The number of aromatic nitrogens is 4. The molecule has 0 amide bonds. The van der Waals surface area contributed by atoms with Crippen LogP contribution in [0.5, 0.6) is 0 Å². The van der Waals surface area contributed by atoms with Gasteiger partial charge in [0.25, 0.3) is 0 Å². The molecule has 0 bridgehead atoms. The molecule has 0 radical (unpaired) electrons. The Bertz CT molecular complexity index is 485. The minimum atomic E-state index is 0.234. The lowest BCUT2D eigenvalue weighted by Crippen LogP contribution is -2.21. The number of imidazole rings is 1. The highest BCUT2D eigenvalue weighted by atomic mass is 15.3. The van der Waals surface area contributed by atoms with Crippen molar-refractivity contribution in [2.24, 2.45) is 12.8 Å². The van der Waals surface area contributed by atoms with Crippen molar-refractivity contribution >= 4 is 0 Å². The Hall–Kier alpha value is -1.62. The second-order valence-corrected chi connectivity index (χ2v) is 4.69. The van der Waals surface area contributed by atoms with Gasteiger partial charge in [-0.2, -0.15) is 5.10 Å². The molecule has 98 valence electrons. The van der Waals surface area contributed by atoms with Gasteiger partial charge in [0.2, 0.25) is 0 Å². The predicted octanol–water partition coefficient (Wildman–Crippen LogP) is 1.14. The third-order valence-electron chi connectivity index (χ3n) is 3.19. The van der Waals surface area contributed by atoms with E-state index in [2.05, 4.69) is 23.2 Å². The molecule has 2 rings (SSSR count). The number of nitrogens with zero attached hydrogens (tertiary/aromatic N) is 4. The van der Waals surface area contributed by atoms with E-state index in [-0.39, 0.29) is 6.04 Å². The van der Waals surface area contributed by atoms with E-state index in [1.807, 2.05) is 34.9 Å². The van der Waals surface area contributed by atoms with Gasteiger partial charge in [0.1, 0.15) is 5.82 Å². The molecule has 0 saturated carbocycles. The van der Waals surface area contributed by atoms with Gasteiger partial charge in [-0.3, -0.25) is 4.68 Å². The van der Waals surface area contributed by atoms with E-state index < -0.39 is 0 Å². The number of rotatable bonds is 6. The van der Waals surface area contributed by atoms with Crippen LogP contribution in [-0.4, -0.2) is 25.4 Å². The molecule has 2 aromatic heterocycles. The van der Waals surface area contributed by atoms with Gasteiger partial charge in [0, 0.05) is 44.6 Å². The van der Waals surface area contributed by atoms with Gasteiger partial charge in [-0.1, -0.05) is 6.92 Å². The van der Waals surface area contributed by atoms with Gasteiger partial charge < -0.3 is 10.3 Å². The largest absolute Gasteiger partial charge is 0.338 e. The van der Waals surface area contributed by atoms with Crippen LogP contribution in [-0.2, 0) is 26.4 Å². The zero-order chi connectivity index (χ0) is 13.0. The molecule has 0 saturated heterocycles. The molecule has 0 aliphatic rings. The van der Waals surface area contributed by atoms with E-state index in [1.165, 1.54) is 5.56 Å². The van der Waals surface area contributed by atoms with Gasteiger partial charge >= 0.3 is 0 Å². The number of hydrogen-bond donors (Lipinski definition) is 1. The van der Waals surface area contributed by atoms with Crippen LogP contribution < -0.4 is 5.73 Å². The Labute approximate surface area is 108 Å². The first-order chi connectivity index (χ1) is 8.69. The molecule has 0 aromatic carbocycles. The average Bonchev–Trinajstić information content (AvgIpc) is 2.96. The van der Waals surface area contributed by atoms with E-state index in [1.54, 1.807) is 0 Å². The van der Waals surface area contributed by atoms with Crippen molar-refractivity contribution in [3.63, 3.8) is 0 Å². The Balaban J connectivity index is 1.89. The van der Waals surface area contributed by atoms with Crippen molar-refractivity contribution in [2.75, 3.05) is 0 Å². The molecule has 18 heavy (non-hydrogen) atoms. The van der Waals surface area contributed by atoms with E-state index in [9.17, 15) is 0 Å². The minimum Gasteiger partial charge on any atom is -0.338 e. The summed E-state index contributed by atoms with van der Waals surface area (Å²) in [6, 6.07) is 0.234. The maximum absolute atomic E-state index is 5.93. The number of aryl methyl sites for hydroxylation is 3. The summed E-state index contributed by atoms with van der Waals surface area (Å²) in [5.41, 5.74) is 7.15. The standard InChI is InChI=1S/C13H21N5/c1-3-12(14)8-11-9-16-18(10-11)6-4-13-15-5-7-17(13)2/h5,7,9-10,12H,3-4,6,8,14H2,1-2H3. The maximum atomic E-state index is 5.93. The fraction of sp³-hybridized carbons (Fsp3) is 0.538. The fourth-order valence-electron chi connectivity index (χ4n) is 1.93. The molecule has 2 aromatic rings. The van der Waals surface area contributed by atoms with Crippen LogP contribution in [0, 0.1) is 0 Å². The molecule has 2 heterocycles. The summed E-state index contributed by atoms with van der Waals surface area (Å²) in [4.78, 5) is 4.30. The average molecular weight is 247 g/mol. The smallest absolute Gasteiger partial charge is 0.110 e. The molecular formula is C13H21N5. The van der Waals surface area contributed by atoms with Crippen molar-refractivity contribution in [2.45, 2.75) is 38.8 Å². The van der Waals surface area contributed by atoms with Gasteiger partial charge in [-0.05, 0) is 18.4 Å². The maximum Gasteiger partial charge on any atom is 0.110 e. The van der Waals surface area contributed by atoms with Crippen LogP contribution in [0.3, 0.4) is 0 Å². The minimum absolute atomic E-state index is 0.234. The number of nitrogens with two attached hydrogens (primary N) is 1. The Morgan fingerprint density at radius 3 is 2.94 bits per heavy atom. The molecule has 0 fully saturated rings. The van der Waals surface area contributed by atoms with Crippen LogP contribution in [0.4, 0.5) is 0 Å². The summed E-state index contributed by atoms with van der Waals surface area (Å²) < 4.78 is 4.00. The summed E-state index contributed by atoms with van der Waals surface area (Å²) >= 11 is 0. The first-order valence-electron chi connectivity index (χ1n) is 6.42. The normalized spacial score (nSPS) is 12.8. The fourth-order valence-corrected chi connectivity index (χ4v) is 1.93. The SMILES string of the molecule is CCC(N)Cc1cnn(CCc2nccn2C)c1. The van der Waals surface area contributed by atoms with E-state index in [4.69, 9.17) is 5.73 Å². The van der Waals surface area contributed by atoms with Gasteiger partial charge in [0.05, 0.1) is 6.20 Å². The molecule has 0 aliphatic heterocycles. The van der Waals surface area contributed by atoms with Crippen LogP contribution in [0.25, 0.3) is 0 Å². The topological polar surface area (TPSA) is 61.7 Å². The molecule has 0 aliphatic carbocycles. The van der Waals surface area contributed by atoms with Crippen molar-refractivity contribution < 1.29 is 0 Å². The summed E-state index contributed by atoms with van der Waals surface area (Å²) in [5.74, 6) is 1.08. The molecule has 5 nitrogen and oxygen atoms in total. The zero-order valence-electron chi connectivity index (χ0n) is 11.1. The molecule has 1 atom stereocenters. The van der Waals surface area contributed by atoms with Crippen molar-refractivity contribution in [3.8, 4) is 0 Å². The summed E-state index contributed by atoms with van der Waals surface area (Å²) in [5, 5.41) is 4.36. The van der Waals surface area contributed by atoms with Gasteiger partial charge in [-0.25, -0.2) is 4.98 Å². The first-order valence-corrected chi connectivity index (χ1v) is 6.42. The monoisotopic (exact) mass is 247 g/mol. The molecule has 5 heteroatoms. The van der Waals surface area contributed by atoms with Crippen LogP contribution in [0.2, 0.25) is 0 Å². The molecule has 1 unspecified atom stereocenters. The highest BCUT2D eigenvalue weighted by Crippen LogP contribution is 2.04. The Morgan fingerprint density at radius 1 is 1.44 bits per heavy atom. The summed E-state index contributed by atoms with van der Waals surface area (Å²) in [7, 11) is 2.01. The summed E-state index contributed by atoms with van der Waals surface area (Å²) in [6.45, 7) is 2.96. The Kier molecular flexibility index (Phi) is 4.15. The predicted molar refractivity (Wildman–Crippen MR) is 71.1 cm³/mol. The third-order valence-corrected chi connectivity index (χ3v) is 3.19.